The first-order chi connectivity index (χ1) is 15.5. The number of hydrogen-bond donors (Lipinski definition) is 2. The highest BCUT2D eigenvalue weighted by Crippen LogP contribution is 2.30. The van der Waals surface area contributed by atoms with Gasteiger partial charge < -0.3 is 15.5 Å². The van der Waals surface area contributed by atoms with E-state index in [0.717, 1.165) is 16.9 Å². The minimum absolute atomic E-state index is 0.183. The molecule has 0 saturated heterocycles. The average molecular weight is 488 g/mol. The van der Waals surface area contributed by atoms with Gasteiger partial charge in [-0.05, 0) is 30.7 Å². The van der Waals surface area contributed by atoms with Crippen LogP contribution in [-0.4, -0.2) is 40.2 Å². The lowest BCUT2D eigenvalue weighted by atomic mass is 9.92. The van der Waals surface area contributed by atoms with E-state index >= 15 is 0 Å². The van der Waals surface area contributed by atoms with E-state index < -0.39 is 6.03 Å². The molecule has 7 nitrogen and oxygen atoms in total. The zero-order chi connectivity index (χ0) is 24.3. The number of amides is 3. The average Bonchev–Trinajstić information content (AvgIpc) is 3.14. The van der Waals surface area contributed by atoms with Crippen molar-refractivity contribution in [3.63, 3.8) is 0 Å². The Morgan fingerprint density at radius 2 is 1.67 bits per heavy atom. The van der Waals surface area contributed by atoms with Crippen molar-refractivity contribution >= 4 is 46.6 Å². The molecule has 0 saturated carbocycles. The van der Waals surface area contributed by atoms with Gasteiger partial charge in [0.25, 0.3) is 0 Å². The molecule has 0 spiro atoms. The van der Waals surface area contributed by atoms with Crippen LogP contribution in [0.15, 0.2) is 48.5 Å². The smallest absolute Gasteiger partial charge is 0.318 e. The highest BCUT2D eigenvalue weighted by Gasteiger charge is 2.23. The number of anilines is 2. The van der Waals surface area contributed by atoms with Gasteiger partial charge in [0.1, 0.15) is 12.4 Å². The van der Waals surface area contributed by atoms with Crippen LogP contribution in [0.5, 0.6) is 0 Å². The third-order valence-electron chi connectivity index (χ3n) is 5.01. The van der Waals surface area contributed by atoms with Gasteiger partial charge in [0, 0.05) is 18.5 Å². The number of carbonyl (C=O) groups is 2. The topological polar surface area (TPSA) is 79.3 Å². The molecule has 0 radical (unpaired) electrons. The van der Waals surface area contributed by atoms with Crippen LogP contribution in [-0.2, 0) is 10.2 Å². The fraction of sp³-hybridized carbons (Fsp3) is 0.292. The van der Waals surface area contributed by atoms with Crippen LogP contribution >= 0.6 is 23.2 Å². The molecular weight excluding hydrogens is 461 g/mol. The number of nitrogens with zero attached hydrogens (tertiary/aromatic N) is 3. The van der Waals surface area contributed by atoms with Crippen LogP contribution in [0.2, 0.25) is 10.0 Å². The summed E-state index contributed by atoms with van der Waals surface area (Å²) in [6.45, 7) is 7.97. The lowest BCUT2D eigenvalue weighted by Crippen LogP contribution is -2.38. The number of hydrogen-bond acceptors (Lipinski definition) is 3. The summed E-state index contributed by atoms with van der Waals surface area (Å²) >= 11 is 12.2. The zero-order valence-corrected chi connectivity index (χ0v) is 20.8. The summed E-state index contributed by atoms with van der Waals surface area (Å²) in [4.78, 5) is 26.6. The third-order valence-corrected chi connectivity index (χ3v) is 5.64. The number of likely N-dealkylation sites (N-methyl/N-ethyl adjacent to an activating group) is 1. The van der Waals surface area contributed by atoms with Gasteiger partial charge in [-0.3, -0.25) is 4.79 Å². The Hall–Kier alpha value is -3.03. The molecule has 0 unspecified atom stereocenters. The number of rotatable bonds is 5. The number of para-hydroxylation sites is 2. The predicted octanol–water partition coefficient (Wildman–Crippen LogP) is 5.89. The van der Waals surface area contributed by atoms with Crippen molar-refractivity contribution < 1.29 is 9.59 Å². The Morgan fingerprint density at radius 3 is 2.27 bits per heavy atom. The van der Waals surface area contributed by atoms with E-state index in [0.29, 0.717) is 21.6 Å². The second-order valence-electron chi connectivity index (χ2n) is 8.79. The number of urea groups is 1. The largest absolute Gasteiger partial charge is 0.322 e. The van der Waals surface area contributed by atoms with Crippen molar-refractivity contribution in [1.82, 2.24) is 14.7 Å². The molecule has 3 aromatic rings. The summed E-state index contributed by atoms with van der Waals surface area (Å²) in [6.07, 6.45) is 0. The molecule has 0 aliphatic heterocycles. The Morgan fingerprint density at radius 1 is 1.03 bits per heavy atom. The predicted molar refractivity (Wildman–Crippen MR) is 134 cm³/mol. The highest BCUT2D eigenvalue weighted by atomic mass is 35.5. The van der Waals surface area contributed by atoms with Gasteiger partial charge in [0.15, 0.2) is 0 Å². The quantitative estimate of drug-likeness (QED) is 0.470. The maximum absolute atomic E-state index is 12.8. The Balaban J connectivity index is 1.77. The van der Waals surface area contributed by atoms with Crippen LogP contribution < -0.4 is 10.6 Å². The lowest BCUT2D eigenvalue weighted by molar-refractivity contribution is -0.116. The van der Waals surface area contributed by atoms with Crippen molar-refractivity contribution in [1.29, 1.82) is 0 Å². The van der Waals surface area contributed by atoms with E-state index in [4.69, 9.17) is 28.3 Å². The Bertz CT molecular complexity index is 1160. The van der Waals surface area contributed by atoms with Crippen LogP contribution in [0.25, 0.3) is 5.69 Å². The molecule has 0 bridgehead atoms. The van der Waals surface area contributed by atoms with Gasteiger partial charge >= 0.3 is 6.03 Å². The SMILES string of the molecule is Cc1ccccc1-n1nc(C(C)(C)C)cc1NC(=O)CN(C)C(=O)Nc1c(Cl)cccc1Cl. The molecule has 0 aliphatic carbocycles. The molecule has 3 rings (SSSR count). The van der Waals surface area contributed by atoms with Gasteiger partial charge in [0.05, 0.1) is 27.1 Å². The number of halogens is 2. The van der Waals surface area contributed by atoms with E-state index in [1.807, 2.05) is 37.3 Å². The molecule has 33 heavy (non-hydrogen) atoms. The normalized spacial score (nSPS) is 11.2. The molecule has 0 fully saturated rings. The zero-order valence-electron chi connectivity index (χ0n) is 19.2. The number of aromatic nitrogens is 2. The van der Waals surface area contributed by atoms with Gasteiger partial charge in [-0.2, -0.15) is 5.10 Å². The molecule has 1 heterocycles. The summed E-state index contributed by atoms with van der Waals surface area (Å²) in [6, 6.07) is 14.1. The molecule has 3 amide bonds. The molecule has 1 aromatic heterocycles. The second-order valence-corrected chi connectivity index (χ2v) is 9.61. The van der Waals surface area contributed by atoms with E-state index in [1.54, 1.807) is 22.9 Å². The number of carbonyl (C=O) groups excluding carboxylic acids is 2. The summed E-state index contributed by atoms with van der Waals surface area (Å²) in [5.41, 5.74) is 2.80. The second kappa shape index (κ2) is 9.85. The first kappa shape index (κ1) is 24.6. The first-order valence-electron chi connectivity index (χ1n) is 10.4. The maximum Gasteiger partial charge on any atom is 0.322 e. The molecular formula is C24H27Cl2N5O2. The molecule has 2 N–H and O–H groups in total. The van der Waals surface area contributed by atoms with Gasteiger partial charge in [-0.15, -0.1) is 0 Å². The van der Waals surface area contributed by atoms with E-state index in [2.05, 4.69) is 31.4 Å². The standard InChI is InChI=1S/C24H27Cl2N5O2/c1-15-9-6-7-12-18(15)31-20(13-19(29-31)24(2,3)4)27-21(32)14-30(5)23(33)28-22-16(25)10-8-11-17(22)26/h6-13H,14H2,1-5H3,(H,27,32)(H,28,33). The minimum Gasteiger partial charge on any atom is -0.318 e. The van der Waals surface area contributed by atoms with E-state index in [-0.39, 0.29) is 17.9 Å². The summed E-state index contributed by atoms with van der Waals surface area (Å²) in [5, 5.41) is 10.9. The molecule has 9 heteroatoms. The summed E-state index contributed by atoms with van der Waals surface area (Å²) in [7, 11) is 1.51. The fourth-order valence-corrected chi connectivity index (χ4v) is 3.60. The van der Waals surface area contributed by atoms with E-state index in [1.165, 1.54) is 11.9 Å². The van der Waals surface area contributed by atoms with Crippen molar-refractivity contribution in [2.75, 3.05) is 24.2 Å². The van der Waals surface area contributed by atoms with Gasteiger partial charge in [0.2, 0.25) is 5.91 Å². The maximum atomic E-state index is 12.8. The van der Waals surface area contributed by atoms with Crippen LogP contribution in [0.1, 0.15) is 32.0 Å². The van der Waals surface area contributed by atoms with Gasteiger partial charge in [-0.25, -0.2) is 9.48 Å². The number of aryl methyl sites for hydroxylation is 1. The Kier molecular flexibility index (Phi) is 7.34. The minimum atomic E-state index is -0.511. The molecule has 174 valence electrons. The number of nitrogens with one attached hydrogen (secondary N) is 2. The third kappa shape index (κ3) is 5.86. The van der Waals surface area contributed by atoms with Crippen molar-refractivity contribution in [2.45, 2.75) is 33.1 Å². The monoisotopic (exact) mass is 487 g/mol. The Labute approximate surface area is 203 Å². The van der Waals surface area contributed by atoms with Crippen molar-refractivity contribution in [2.24, 2.45) is 0 Å². The highest BCUT2D eigenvalue weighted by molar-refractivity contribution is 6.39. The molecule has 2 aromatic carbocycles. The van der Waals surface area contributed by atoms with Crippen molar-refractivity contribution in [3.8, 4) is 5.69 Å². The lowest BCUT2D eigenvalue weighted by Gasteiger charge is -2.19. The number of benzene rings is 2. The molecule has 0 aliphatic rings. The summed E-state index contributed by atoms with van der Waals surface area (Å²) < 4.78 is 1.72. The van der Waals surface area contributed by atoms with Crippen LogP contribution in [0, 0.1) is 6.92 Å². The summed E-state index contributed by atoms with van der Waals surface area (Å²) in [5.74, 6) is 0.162. The van der Waals surface area contributed by atoms with Crippen LogP contribution in [0.4, 0.5) is 16.3 Å². The molecule has 0 atom stereocenters. The van der Waals surface area contributed by atoms with Crippen molar-refractivity contribution in [3.05, 3.63) is 69.8 Å². The fourth-order valence-electron chi connectivity index (χ4n) is 3.11. The first-order valence-corrected chi connectivity index (χ1v) is 11.2. The van der Waals surface area contributed by atoms with E-state index in [9.17, 15) is 9.59 Å². The van der Waals surface area contributed by atoms with Crippen LogP contribution in [0.3, 0.4) is 0 Å². The van der Waals surface area contributed by atoms with Gasteiger partial charge in [-0.1, -0.05) is 68.2 Å².